The fourth-order valence-electron chi connectivity index (χ4n) is 7.09. The van der Waals surface area contributed by atoms with Crippen LogP contribution in [-0.4, -0.2) is 49.3 Å². The van der Waals surface area contributed by atoms with Crippen LogP contribution in [0.25, 0.3) is 0 Å². The lowest BCUT2D eigenvalue weighted by atomic mass is 10.0. The van der Waals surface area contributed by atoms with E-state index in [2.05, 4.69) is 38.2 Å². The fourth-order valence-corrected chi connectivity index (χ4v) is 7.86. The molecule has 0 aliphatic heterocycles. The average Bonchev–Trinajstić information content (AvgIpc) is 3.22. The van der Waals surface area contributed by atoms with Gasteiger partial charge in [-0.1, -0.05) is 205 Å². The molecule has 10 heteroatoms. The number of hydrogen-bond acceptors (Lipinski definition) is 8. The molecular formula is C49H94NO8P. The van der Waals surface area contributed by atoms with Crippen LogP contribution in [0.5, 0.6) is 0 Å². The Bertz CT molecular complexity index is 1020. The number of carbonyl (C=O) groups is 2. The second kappa shape index (κ2) is 46.0. The van der Waals surface area contributed by atoms with Crippen molar-refractivity contribution in [3.63, 3.8) is 0 Å². The summed E-state index contributed by atoms with van der Waals surface area (Å²) in [5, 5.41) is 0. The molecule has 0 rings (SSSR count). The van der Waals surface area contributed by atoms with Gasteiger partial charge in [-0.05, 0) is 51.4 Å². The molecule has 0 amide bonds. The van der Waals surface area contributed by atoms with Crippen LogP contribution in [0.4, 0.5) is 0 Å². The van der Waals surface area contributed by atoms with Crippen molar-refractivity contribution in [2.45, 2.75) is 251 Å². The predicted molar refractivity (Wildman–Crippen MR) is 247 cm³/mol. The lowest BCUT2D eigenvalue weighted by Gasteiger charge is -2.19. The maximum absolute atomic E-state index is 12.6. The molecule has 0 radical (unpaired) electrons. The van der Waals surface area contributed by atoms with Crippen LogP contribution >= 0.6 is 7.82 Å². The second-order valence-electron chi connectivity index (χ2n) is 16.7. The zero-order valence-electron chi connectivity index (χ0n) is 38.5. The highest BCUT2D eigenvalue weighted by molar-refractivity contribution is 7.47. The van der Waals surface area contributed by atoms with Gasteiger partial charge in [0.25, 0.3) is 0 Å². The Morgan fingerprint density at radius 2 is 0.864 bits per heavy atom. The summed E-state index contributed by atoms with van der Waals surface area (Å²) in [6.45, 7) is 3.71. The number of esters is 2. The number of ether oxygens (including phenoxy) is 2. The maximum Gasteiger partial charge on any atom is 0.472 e. The van der Waals surface area contributed by atoms with Crippen molar-refractivity contribution >= 4 is 19.8 Å². The van der Waals surface area contributed by atoms with Gasteiger partial charge in [0, 0.05) is 19.4 Å². The van der Waals surface area contributed by atoms with E-state index in [-0.39, 0.29) is 38.6 Å². The van der Waals surface area contributed by atoms with Gasteiger partial charge in [-0.25, -0.2) is 4.57 Å². The molecule has 3 N–H and O–H groups in total. The van der Waals surface area contributed by atoms with E-state index in [0.717, 1.165) is 32.1 Å². The molecule has 0 aliphatic rings. The standard InChI is InChI=1S/C49H94NO8P/c1-3-5-7-9-11-13-15-17-19-20-21-22-23-24-25-26-28-30-32-34-36-38-40-42-49(52)58-47(46-57-59(53,54)56-44-43-50)45-55-48(51)41-39-37-35-33-31-29-27-18-16-14-12-10-8-6-4-2/h10,12,34,36,47H,3-9,11,13-33,35,37-46,50H2,1-2H3,(H,53,54)/b12-10+,36-34+/t47-/m1/s1. The molecule has 0 spiro atoms. The Morgan fingerprint density at radius 1 is 0.492 bits per heavy atom. The fraction of sp³-hybridized carbons (Fsp3) is 0.878. The lowest BCUT2D eigenvalue weighted by Crippen LogP contribution is -2.29. The first kappa shape index (κ1) is 57.5. The van der Waals surface area contributed by atoms with E-state index in [4.69, 9.17) is 24.3 Å². The molecule has 1 unspecified atom stereocenters. The number of hydrogen-bond donors (Lipinski definition) is 2. The van der Waals surface area contributed by atoms with Crippen LogP contribution < -0.4 is 5.73 Å². The van der Waals surface area contributed by atoms with Gasteiger partial charge < -0.3 is 20.1 Å². The monoisotopic (exact) mass is 856 g/mol. The lowest BCUT2D eigenvalue weighted by molar-refractivity contribution is -0.161. The molecular weight excluding hydrogens is 762 g/mol. The third-order valence-electron chi connectivity index (χ3n) is 10.8. The Kier molecular flexibility index (Phi) is 44.8. The Hall–Kier alpha value is -1.51. The average molecular weight is 856 g/mol. The molecule has 9 nitrogen and oxygen atoms in total. The molecule has 348 valence electrons. The third-order valence-corrected chi connectivity index (χ3v) is 11.8. The number of carbonyl (C=O) groups excluding carboxylic acids is 2. The van der Waals surface area contributed by atoms with Crippen molar-refractivity contribution in [1.29, 1.82) is 0 Å². The van der Waals surface area contributed by atoms with E-state index in [9.17, 15) is 19.0 Å². The molecule has 0 heterocycles. The van der Waals surface area contributed by atoms with E-state index in [1.807, 2.05) is 0 Å². The van der Waals surface area contributed by atoms with Crippen LogP contribution in [0.15, 0.2) is 24.3 Å². The number of nitrogens with two attached hydrogens (primary N) is 1. The normalized spacial score (nSPS) is 13.4. The summed E-state index contributed by atoms with van der Waals surface area (Å²) < 4.78 is 32.8. The highest BCUT2D eigenvalue weighted by Crippen LogP contribution is 2.43. The number of phosphoric acid groups is 1. The van der Waals surface area contributed by atoms with Crippen molar-refractivity contribution in [2.75, 3.05) is 26.4 Å². The van der Waals surface area contributed by atoms with Crippen LogP contribution in [0.1, 0.15) is 245 Å². The summed E-state index contributed by atoms with van der Waals surface area (Å²) in [6, 6.07) is 0. The zero-order chi connectivity index (χ0) is 43.2. The number of allylic oxidation sites excluding steroid dienone is 4. The van der Waals surface area contributed by atoms with Gasteiger partial charge in [-0.2, -0.15) is 0 Å². The van der Waals surface area contributed by atoms with Crippen molar-refractivity contribution in [2.24, 2.45) is 5.73 Å². The van der Waals surface area contributed by atoms with Gasteiger partial charge >= 0.3 is 19.8 Å². The first-order chi connectivity index (χ1) is 28.8. The van der Waals surface area contributed by atoms with Gasteiger partial charge in [0.2, 0.25) is 0 Å². The first-order valence-electron chi connectivity index (χ1n) is 24.8. The summed E-state index contributed by atoms with van der Waals surface area (Å²) in [6.07, 6.45) is 50.9. The molecule has 0 saturated heterocycles. The number of phosphoric ester groups is 1. The highest BCUT2D eigenvalue weighted by atomic mass is 31.2. The minimum absolute atomic E-state index is 0.0509. The minimum atomic E-state index is -4.38. The van der Waals surface area contributed by atoms with E-state index in [0.29, 0.717) is 6.42 Å². The number of unbranched alkanes of at least 4 members (excludes halogenated alkanes) is 30. The SMILES string of the molecule is CCCC/C=C/CCCCCCCCCCCC(=O)OC[C@H](COP(=O)(O)OCCN)OC(=O)CCC/C=C/CCCCCCCCCCCCCCCCCCCC. The second-order valence-corrected chi connectivity index (χ2v) is 18.1. The van der Waals surface area contributed by atoms with Crippen LogP contribution in [0, 0.1) is 0 Å². The van der Waals surface area contributed by atoms with Crippen molar-refractivity contribution in [3.8, 4) is 0 Å². The van der Waals surface area contributed by atoms with Gasteiger partial charge in [-0.3, -0.25) is 18.6 Å². The Balaban J connectivity index is 4.05. The van der Waals surface area contributed by atoms with Crippen molar-refractivity contribution in [1.82, 2.24) is 0 Å². The zero-order valence-corrected chi connectivity index (χ0v) is 39.4. The van der Waals surface area contributed by atoms with E-state index in [1.165, 1.54) is 180 Å². The molecule has 0 fully saturated rings. The topological polar surface area (TPSA) is 134 Å². The molecule has 0 aromatic rings. The van der Waals surface area contributed by atoms with Gasteiger partial charge in [0.05, 0.1) is 13.2 Å². The van der Waals surface area contributed by atoms with Crippen LogP contribution in [0.3, 0.4) is 0 Å². The molecule has 0 aromatic heterocycles. The quantitative estimate of drug-likeness (QED) is 0.0265. The van der Waals surface area contributed by atoms with Crippen LogP contribution in [0.2, 0.25) is 0 Å². The van der Waals surface area contributed by atoms with Crippen molar-refractivity contribution < 1.29 is 37.6 Å². The maximum atomic E-state index is 12.6. The van der Waals surface area contributed by atoms with E-state index >= 15 is 0 Å². The molecule has 0 saturated carbocycles. The van der Waals surface area contributed by atoms with Gasteiger partial charge in [0.15, 0.2) is 6.10 Å². The molecule has 0 bridgehead atoms. The highest BCUT2D eigenvalue weighted by Gasteiger charge is 2.26. The van der Waals surface area contributed by atoms with Gasteiger partial charge in [0.1, 0.15) is 6.61 Å². The van der Waals surface area contributed by atoms with E-state index in [1.54, 1.807) is 0 Å². The summed E-state index contributed by atoms with van der Waals surface area (Å²) in [5.74, 6) is -0.859. The van der Waals surface area contributed by atoms with Crippen molar-refractivity contribution in [3.05, 3.63) is 24.3 Å². The van der Waals surface area contributed by atoms with Crippen LogP contribution in [-0.2, 0) is 32.7 Å². The molecule has 0 aromatic carbocycles. The minimum Gasteiger partial charge on any atom is -0.462 e. The molecule has 0 aliphatic carbocycles. The third kappa shape index (κ3) is 45.8. The van der Waals surface area contributed by atoms with Gasteiger partial charge in [-0.15, -0.1) is 0 Å². The largest absolute Gasteiger partial charge is 0.472 e. The first-order valence-corrected chi connectivity index (χ1v) is 26.3. The smallest absolute Gasteiger partial charge is 0.462 e. The summed E-state index contributed by atoms with van der Waals surface area (Å²) >= 11 is 0. The Labute approximate surface area is 363 Å². The summed E-state index contributed by atoms with van der Waals surface area (Å²) in [4.78, 5) is 35.0. The summed E-state index contributed by atoms with van der Waals surface area (Å²) in [5.41, 5.74) is 5.36. The molecule has 59 heavy (non-hydrogen) atoms. The molecule has 2 atom stereocenters. The Morgan fingerprint density at radius 3 is 1.31 bits per heavy atom. The van der Waals surface area contributed by atoms with E-state index < -0.39 is 26.5 Å². The predicted octanol–water partition coefficient (Wildman–Crippen LogP) is 14.7. The number of rotatable bonds is 47. The summed E-state index contributed by atoms with van der Waals surface area (Å²) in [7, 11) is -4.38.